The number of ether oxygens (including phenoxy) is 1. The van der Waals surface area contributed by atoms with Crippen LogP contribution in [0.2, 0.25) is 0 Å². The summed E-state index contributed by atoms with van der Waals surface area (Å²) in [5, 5.41) is 13.5. The minimum Gasteiger partial charge on any atom is -0.484 e. The zero-order valence-corrected chi connectivity index (χ0v) is 13.9. The van der Waals surface area contributed by atoms with Gasteiger partial charge in [0.05, 0.1) is 5.60 Å². The van der Waals surface area contributed by atoms with Crippen LogP contribution in [0.1, 0.15) is 23.1 Å². The zero-order valence-electron chi connectivity index (χ0n) is 13.9. The highest BCUT2D eigenvalue weighted by molar-refractivity contribution is 5.77. The summed E-state index contributed by atoms with van der Waals surface area (Å²) in [6, 6.07) is 15.7. The minimum atomic E-state index is -0.882. The average molecular weight is 325 g/mol. The molecule has 126 valence electrons. The van der Waals surface area contributed by atoms with Gasteiger partial charge in [-0.3, -0.25) is 4.79 Å². The van der Waals surface area contributed by atoms with Crippen molar-refractivity contribution in [3.05, 3.63) is 65.2 Å². The average Bonchev–Trinajstić information content (AvgIpc) is 2.58. The van der Waals surface area contributed by atoms with Crippen molar-refractivity contribution in [1.82, 2.24) is 5.32 Å². The Morgan fingerprint density at radius 2 is 2.00 bits per heavy atom. The minimum absolute atomic E-state index is 0.0455. The summed E-state index contributed by atoms with van der Waals surface area (Å²) < 4.78 is 5.48. The van der Waals surface area contributed by atoms with Gasteiger partial charge in [0.2, 0.25) is 0 Å². The van der Waals surface area contributed by atoms with Crippen LogP contribution in [-0.4, -0.2) is 29.8 Å². The fourth-order valence-electron chi connectivity index (χ4n) is 3.10. The van der Waals surface area contributed by atoms with Gasteiger partial charge in [0.1, 0.15) is 5.75 Å². The lowest BCUT2D eigenvalue weighted by atomic mass is 9.80. The largest absolute Gasteiger partial charge is 0.484 e. The molecule has 1 aliphatic rings. The molecule has 0 spiro atoms. The second-order valence-corrected chi connectivity index (χ2v) is 6.55. The molecule has 0 aromatic heterocycles. The van der Waals surface area contributed by atoms with E-state index in [1.54, 1.807) is 0 Å². The van der Waals surface area contributed by atoms with Gasteiger partial charge < -0.3 is 15.2 Å². The van der Waals surface area contributed by atoms with Crippen LogP contribution in [0.15, 0.2) is 48.5 Å². The van der Waals surface area contributed by atoms with Gasteiger partial charge in [-0.25, -0.2) is 0 Å². The van der Waals surface area contributed by atoms with E-state index >= 15 is 0 Å². The predicted octanol–water partition coefficient (Wildman–Crippen LogP) is 2.41. The summed E-state index contributed by atoms with van der Waals surface area (Å²) in [5.41, 5.74) is 2.66. The van der Waals surface area contributed by atoms with Crippen molar-refractivity contribution in [2.24, 2.45) is 0 Å². The first-order chi connectivity index (χ1) is 11.5. The molecule has 1 unspecified atom stereocenters. The second-order valence-electron chi connectivity index (χ2n) is 6.55. The fraction of sp³-hybridized carbons (Fsp3) is 0.350. The molecule has 2 aromatic carbocycles. The molecule has 1 amide bonds. The molecule has 1 aliphatic carbocycles. The molecule has 0 fully saturated rings. The number of hydrogen-bond acceptors (Lipinski definition) is 3. The monoisotopic (exact) mass is 325 g/mol. The van der Waals surface area contributed by atoms with Crippen molar-refractivity contribution < 1.29 is 14.6 Å². The zero-order chi connectivity index (χ0) is 17.0. The summed E-state index contributed by atoms with van der Waals surface area (Å²) in [6.07, 6.45) is 2.06. The van der Waals surface area contributed by atoms with E-state index in [1.807, 2.05) is 49.4 Å². The van der Waals surface area contributed by atoms with E-state index in [1.165, 1.54) is 5.56 Å². The maximum atomic E-state index is 12.0. The molecule has 2 N–H and O–H groups in total. The van der Waals surface area contributed by atoms with Gasteiger partial charge in [-0.2, -0.15) is 0 Å². The van der Waals surface area contributed by atoms with E-state index in [0.717, 1.165) is 17.5 Å². The first-order valence-corrected chi connectivity index (χ1v) is 8.29. The Kier molecular flexibility index (Phi) is 4.86. The third kappa shape index (κ3) is 4.15. The predicted molar refractivity (Wildman–Crippen MR) is 93.1 cm³/mol. The smallest absolute Gasteiger partial charge is 0.258 e. The quantitative estimate of drug-likeness (QED) is 0.887. The Morgan fingerprint density at radius 3 is 2.79 bits per heavy atom. The molecular weight excluding hydrogens is 302 g/mol. The Hall–Kier alpha value is -2.33. The van der Waals surface area contributed by atoms with E-state index in [0.29, 0.717) is 18.6 Å². The van der Waals surface area contributed by atoms with Gasteiger partial charge in [0.15, 0.2) is 6.61 Å². The summed E-state index contributed by atoms with van der Waals surface area (Å²) in [4.78, 5) is 12.0. The topological polar surface area (TPSA) is 58.6 Å². The third-order valence-electron chi connectivity index (χ3n) is 4.47. The highest BCUT2D eigenvalue weighted by Gasteiger charge is 2.32. The number of nitrogens with one attached hydrogen (secondary N) is 1. The van der Waals surface area contributed by atoms with Gasteiger partial charge in [-0.15, -0.1) is 0 Å². The number of benzene rings is 2. The molecule has 2 aromatic rings. The maximum absolute atomic E-state index is 12.0. The molecule has 1 atom stereocenters. The SMILES string of the molecule is Cc1cccc(OCC(=O)NCC2(O)CCc3ccccc3C2)c1. The van der Waals surface area contributed by atoms with Crippen LogP contribution in [0.25, 0.3) is 0 Å². The Bertz CT molecular complexity index is 728. The molecule has 3 rings (SSSR count). The molecule has 4 heteroatoms. The van der Waals surface area contributed by atoms with Gasteiger partial charge >= 0.3 is 0 Å². The molecule has 0 bridgehead atoms. The second kappa shape index (κ2) is 7.05. The molecule has 24 heavy (non-hydrogen) atoms. The van der Waals surface area contributed by atoms with Gasteiger partial charge in [0.25, 0.3) is 5.91 Å². The number of hydrogen-bond donors (Lipinski definition) is 2. The number of fused-ring (bicyclic) bond motifs is 1. The van der Waals surface area contributed by atoms with Gasteiger partial charge in [-0.05, 0) is 48.6 Å². The Labute approximate surface area is 142 Å². The first-order valence-electron chi connectivity index (χ1n) is 8.29. The fourth-order valence-corrected chi connectivity index (χ4v) is 3.10. The van der Waals surface area contributed by atoms with Crippen molar-refractivity contribution in [2.45, 2.75) is 31.8 Å². The van der Waals surface area contributed by atoms with Crippen LogP contribution in [0.4, 0.5) is 0 Å². The lowest BCUT2D eigenvalue weighted by Crippen LogP contribution is -2.47. The highest BCUT2D eigenvalue weighted by atomic mass is 16.5. The first kappa shape index (κ1) is 16.5. The molecular formula is C20H23NO3. The van der Waals surface area contributed by atoms with E-state index in [4.69, 9.17) is 4.74 Å². The van der Waals surface area contributed by atoms with Crippen molar-refractivity contribution in [3.63, 3.8) is 0 Å². The standard InChI is InChI=1S/C20H23NO3/c1-15-5-4-8-18(11-15)24-13-19(22)21-14-20(23)10-9-16-6-2-3-7-17(16)12-20/h2-8,11,23H,9-10,12-14H2,1H3,(H,21,22). The van der Waals surface area contributed by atoms with Crippen molar-refractivity contribution >= 4 is 5.91 Å². The Balaban J connectivity index is 1.49. The van der Waals surface area contributed by atoms with Gasteiger partial charge in [-0.1, -0.05) is 36.4 Å². The van der Waals surface area contributed by atoms with Crippen molar-refractivity contribution in [1.29, 1.82) is 0 Å². The van der Waals surface area contributed by atoms with E-state index in [9.17, 15) is 9.90 Å². The molecule has 0 saturated heterocycles. The number of aryl methyl sites for hydroxylation is 2. The van der Waals surface area contributed by atoms with Crippen LogP contribution in [0.3, 0.4) is 0 Å². The van der Waals surface area contributed by atoms with Crippen molar-refractivity contribution in [3.8, 4) is 5.75 Å². The lowest BCUT2D eigenvalue weighted by molar-refractivity contribution is -0.124. The van der Waals surface area contributed by atoms with Crippen molar-refractivity contribution in [2.75, 3.05) is 13.2 Å². The summed E-state index contributed by atoms with van der Waals surface area (Å²) in [5.74, 6) is 0.458. The third-order valence-corrected chi connectivity index (χ3v) is 4.47. The molecule has 0 heterocycles. The molecule has 4 nitrogen and oxygen atoms in total. The van der Waals surface area contributed by atoms with Crippen LogP contribution in [-0.2, 0) is 17.6 Å². The number of aliphatic hydroxyl groups is 1. The summed E-state index contributed by atoms with van der Waals surface area (Å²) in [7, 11) is 0. The lowest BCUT2D eigenvalue weighted by Gasteiger charge is -2.33. The number of carbonyl (C=O) groups excluding carboxylic acids is 1. The highest BCUT2D eigenvalue weighted by Crippen LogP contribution is 2.28. The van der Waals surface area contributed by atoms with Crippen LogP contribution >= 0.6 is 0 Å². The number of carbonyl (C=O) groups is 1. The molecule has 0 saturated carbocycles. The molecule has 0 radical (unpaired) electrons. The van der Waals surface area contributed by atoms with Crippen LogP contribution < -0.4 is 10.1 Å². The van der Waals surface area contributed by atoms with Crippen LogP contribution in [0, 0.1) is 6.92 Å². The van der Waals surface area contributed by atoms with Gasteiger partial charge in [0, 0.05) is 13.0 Å². The molecule has 0 aliphatic heterocycles. The van der Waals surface area contributed by atoms with E-state index in [-0.39, 0.29) is 19.1 Å². The summed E-state index contributed by atoms with van der Waals surface area (Å²) >= 11 is 0. The maximum Gasteiger partial charge on any atom is 0.258 e. The van der Waals surface area contributed by atoms with E-state index < -0.39 is 5.60 Å². The Morgan fingerprint density at radius 1 is 1.21 bits per heavy atom. The number of rotatable bonds is 5. The van der Waals surface area contributed by atoms with E-state index in [2.05, 4.69) is 11.4 Å². The normalized spacial score (nSPS) is 19.4. The van der Waals surface area contributed by atoms with Crippen LogP contribution in [0.5, 0.6) is 5.75 Å². The summed E-state index contributed by atoms with van der Waals surface area (Å²) in [6.45, 7) is 2.18. The number of amides is 1.